The van der Waals surface area contributed by atoms with Crippen LogP contribution in [0.1, 0.15) is 15.9 Å². The van der Waals surface area contributed by atoms with Crippen molar-refractivity contribution in [1.29, 1.82) is 0 Å². The first kappa shape index (κ1) is 14.7. The third kappa shape index (κ3) is 4.42. The van der Waals surface area contributed by atoms with Crippen molar-refractivity contribution in [2.24, 2.45) is 0 Å². The lowest BCUT2D eigenvalue weighted by atomic mass is 10.2. The van der Waals surface area contributed by atoms with Gasteiger partial charge in [-0.05, 0) is 42.8 Å². The molecule has 2 aromatic carbocycles. The van der Waals surface area contributed by atoms with Gasteiger partial charge in [0.05, 0.1) is 0 Å². The van der Waals surface area contributed by atoms with Crippen molar-refractivity contribution in [2.75, 3.05) is 6.54 Å². The zero-order chi connectivity index (χ0) is 15.2. The van der Waals surface area contributed by atoms with Crippen molar-refractivity contribution >= 4 is 11.9 Å². The SMILES string of the molecule is Cc1cccc(OC(=O)CNC(=O)c2cccc(F)c2)c1. The van der Waals surface area contributed by atoms with E-state index in [2.05, 4.69) is 5.32 Å². The molecule has 0 atom stereocenters. The number of carbonyl (C=O) groups is 2. The molecular weight excluding hydrogens is 273 g/mol. The van der Waals surface area contributed by atoms with Gasteiger partial charge in [-0.25, -0.2) is 9.18 Å². The Morgan fingerprint density at radius 1 is 1.14 bits per heavy atom. The van der Waals surface area contributed by atoms with E-state index in [1.54, 1.807) is 18.2 Å². The molecule has 0 aliphatic carbocycles. The van der Waals surface area contributed by atoms with Gasteiger partial charge in [-0.15, -0.1) is 0 Å². The second-order valence-electron chi connectivity index (χ2n) is 4.48. The summed E-state index contributed by atoms with van der Waals surface area (Å²) in [5.74, 6) is -1.22. The van der Waals surface area contributed by atoms with E-state index in [0.717, 1.165) is 11.6 Å². The number of hydrogen-bond donors (Lipinski definition) is 1. The van der Waals surface area contributed by atoms with Crippen LogP contribution in [0, 0.1) is 12.7 Å². The number of carbonyl (C=O) groups excluding carboxylic acids is 2. The highest BCUT2D eigenvalue weighted by Gasteiger charge is 2.10. The van der Waals surface area contributed by atoms with Gasteiger partial charge in [0, 0.05) is 5.56 Å². The lowest BCUT2D eigenvalue weighted by Crippen LogP contribution is -2.31. The lowest BCUT2D eigenvalue weighted by Gasteiger charge is -2.07. The van der Waals surface area contributed by atoms with Crippen molar-refractivity contribution in [3.63, 3.8) is 0 Å². The van der Waals surface area contributed by atoms with Crippen molar-refractivity contribution in [2.45, 2.75) is 6.92 Å². The third-order valence-electron chi connectivity index (χ3n) is 2.70. The summed E-state index contributed by atoms with van der Waals surface area (Å²) in [6.45, 7) is 1.59. The first-order valence-corrected chi connectivity index (χ1v) is 6.36. The molecule has 1 amide bonds. The Kier molecular flexibility index (Phi) is 4.66. The molecule has 4 nitrogen and oxygen atoms in total. The number of esters is 1. The van der Waals surface area contributed by atoms with Gasteiger partial charge in [0.15, 0.2) is 0 Å². The summed E-state index contributed by atoms with van der Waals surface area (Å²) in [4.78, 5) is 23.3. The van der Waals surface area contributed by atoms with Crippen LogP contribution >= 0.6 is 0 Å². The molecule has 2 aromatic rings. The van der Waals surface area contributed by atoms with Crippen molar-refractivity contribution in [3.8, 4) is 5.75 Å². The minimum absolute atomic E-state index is 0.151. The van der Waals surface area contributed by atoms with Crippen LogP contribution in [-0.2, 0) is 4.79 Å². The minimum Gasteiger partial charge on any atom is -0.425 e. The van der Waals surface area contributed by atoms with Crippen LogP contribution in [0.15, 0.2) is 48.5 Å². The lowest BCUT2D eigenvalue weighted by molar-refractivity contribution is -0.133. The maximum Gasteiger partial charge on any atom is 0.330 e. The topological polar surface area (TPSA) is 55.4 Å². The maximum absolute atomic E-state index is 13.0. The van der Waals surface area contributed by atoms with Gasteiger partial charge < -0.3 is 10.1 Å². The number of nitrogens with one attached hydrogen (secondary N) is 1. The summed E-state index contributed by atoms with van der Waals surface area (Å²) in [6, 6.07) is 12.2. The Morgan fingerprint density at radius 2 is 1.90 bits per heavy atom. The smallest absolute Gasteiger partial charge is 0.330 e. The molecule has 0 aliphatic heterocycles. The van der Waals surface area contributed by atoms with E-state index < -0.39 is 17.7 Å². The molecule has 0 heterocycles. The normalized spacial score (nSPS) is 10.0. The molecule has 0 radical (unpaired) electrons. The van der Waals surface area contributed by atoms with Crippen LogP contribution in [0.25, 0.3) is 0 Å². The molecule has 5 heteroatoms. The van der Waals surface area contributed by atoms with Gasteiger partial charge in [0.25, 0.3) is 5.91 Å². The van der Waals surface area contributed by atoms with Gasteiger partial charge in [0.2, 0.25) is 0 Å². The van der Waals surface area contributed by atoms with E-state index in [-0.39, 0.29) is 12.1 Å². The molecule has 1 N–H and O–H groups in total. The number of benzene rings is 2. The fraction of sp³-hybridized carbons (Fsp3) is 0.125. The largest absolute Gasteiger partial charge is 0.425 e. The predicted octanol–water partition coefficient (Wildman–Crippen LogP) is 2.47. The fourth-order valence-electron chi connectivity index (χ4n) is 1.73. The Bertz CT molecular complexity index is 670. The van der Waals surface area contributed by atoms with E-state index in [1.807, 2.05) is 13.0 Å². The summed E-state index contributed by atoms with van der Waals surface area (Å²) >= 11 is 0. The number of halogens is 1. The molecule has 0 aromatic heterocycles. The van der Waals surface area contributed by atoms with Gasteiger partial charge >= 0.3 is 5.97 Å². The molecule has 0 saturated carbocycles. The Hall–Kier alpha value is -2.69. The summed E-state index contributed by atoms with van der Waals surface area (Å²) in [5, 5.41) is 2.38. The zero-order valence-corrected chi connectivity index (χ0v) is 11.4. The standard InChI is InChI=1S/C16H14FNO3/c1-11-4-2-7-14(8-11)21-15(19)10-18-16(20)12-5-3-6-13(17)9-12/h2-9H,10H2,1H3,(H,18,20). The number of ether oxygens (including phenoxy) is 1. The van der Waals surface area contributed by atoms with Crippen LogP contribution < -0.4 is 10.1 Å². The average molecular weight is 287 g/mol. The molecule has 21 heavy (non-hydrogen) atoms. The number of aryl methyl sites for hydroxylation is 1. The minimum atomic E-state index is -0.592. The van der Waals surface area contributed by atoms with Crippen molar-refractivity contribution in [1.82, 2.24) is 5.32 Å². The van der Waals surface area contributed by atoms with Gasteiger partial charge in [-0.1, -0.05) is 18.2 Å². The quantitative estimate of drug-likeness (QED) is 0.694. The Labute approximate surface area is 121 Å². The first-order chi connectivity index (χ1) is 10.0. The molecule has 2 rings (SSSR count). The van der Waals surface area contributed by atoms with Crippen molar-refractivity contribution < 1.29 is 18.7 Å². The maximum atomic E-state index is 13.0. The van der Waals surface area contributed by atoms with E-state index in [4.69, 9.17) is 4.74 Å². The Morgan fingerprint density at radius 3 is 2.62 bits per heavy atom. The highest BCUT2D eigenvalue weighted by molar-refractivity contribution is 5.96. The monoisotopic (exact) mass is 287 g/mol. The Balaban J connectivity index is 1.88. The molecule has 0 aliphatic rings. The van der Waals surface area contributed by atoms with Gasteiger partial charge in [-0.2, -0.15) is 0 Å². The van der Waals surface area contributed by atoms with E-state index in [9.17, 15) is 14.0 Å². The summed E-state index contributed by atoms with van der Waals surface area (Å²) in [7, 11) is 0. The average Bonchev–Trinajstić information content (AvgIpc) is 2.45. The second kappa shape index (κ2) is 6.65. The zero-order valence-electron chi connectivity index (χ0n) is 11.4. The number of hydrogen-bond acceptors (Lipinski definition) is 3. The van der Waals surface area contributed by atoms with Crippen LogP contribution in [-0.4, -0.2) is 18.4 Å². The van der Waals surface area contributed by atoms with Gasteiger partial charge in [-0.3, -0.25) is 4.79 Å². The predicted molar refractivity (Wildman–Crippen MR) is 75.5 cm³/mol. The molecule has 0 fully saturated rings. The first-order valence-electron chi connectivity index (χ1n) is 6.36. The van der Waals surface area contributed by atoms with Crippen LogP contribution in [0.2, 0.25) is 0 Å². The molecule has 0 bridgehead atoms. The summed E-state index contributed by atoms with van der Waals surface area (Å²) < 4.78 is 18.1. The second-order valence-corrected chi connectivity index (χ2v) is 4.48. The molecule has 108 valence electrons. The van der Waals surface area contributed by atoms with E-state index in [1.165, 1.54) is 18.2 Å². The van der Waals surface area contributed by atoms with Crippen LogP contribution in [0.5, 0.6) is 5.75 Å². The fourth-order valence-corrected chi connectivity index (χ4v) is 1.73. The third-order valence-corrected chi connectivity index (χ3v) is 2.70. The molecule has 0 saturated heterocycles. The molecule has 0 spiro atoms. The molecule has 0 unspecified atom stereocenters. The number of rotatable bonds is 4. The van der Waals surface area contributed by atoms with Crippen LogP contribution in [0.4, 0.5) is 4.39 Å². The van der Waals surface area contributed by atoms with E-state index >= 15 is 0 Å². The van der Waals surface area contributed by atoms with Crippen LogP contribution in [0.3, 0.4) is 0 Å². The van der Waals surface area contributed by atoms with Crippen molar-refractivity contribution in [3.05, 3.63) is 65.5 Å². The van der Waals surface area contributed by atoms with E-state index in [0.29, 0.717) is 5.75 Å². The highest BCUT2D eigenvalue weighted by atomic mass is 19.1. The number of amides is 1. The summed E-state index contributed by atoms with van der Waals surface area (Å²) in [6.07, 6.45) is 0. The highest BCUT2D eigenvalue weighted by Crippen LogP contribution is 2.12. The summed E-state index contributed by atoms with van der Waals surface area (Å²) in [5.41, 5.74) is 1.11. The molecular formula is C16H14FNO3. The van der Waals surface area contributed by atoms with Gasteiger partial charge in [0.1, 0.15) is 18.1 Å².